The van der Waals surface area contributed by atoms with E-state index in [9.17, 15) is 0 Å². The van der Waals surface area contributed by atoms with Crippen molar-refractivity contribution in [3.8, 4) is 22.5 Å². The lowest BCUT2D eigenvalue weighted by atomic mass is 9.62. The Morgan fingerprint density at radius 1 is 0.393 bits per heavy atom. The van der Waals surface area contributed by atoms with E-state index in [0.717, 1.165) is 5.69 Å². The van der Waals surface area contributed by atoms with E-state index in [1.54, 1.807) is 0 Å². The van der Waals surface area contributed by atoms with Crippen LogP contribution < -0.4 is 0 Å². The highest BCUT2D eigenvalue weighted by atomic mass is 32.2. The normalized spacial score (nSPS) is 15.5. The Balaban J connectivity index is 1.11. The molecule has 2 aromatic heterocycles. The highest BCUT2D eigenvalue weighted by molar-refractivity contribution is 7.99. The van der Waals surface area contributed by atoms with Crippen LogP contribution in [-0.4, -0.2) is 9.13 Å². The van der Waals surface area contributed by atoms with Crippen molar-refractivity contribution in [1.29, 1.82) is 0 Å². The van der Waals surface area contributed by atoms with E-state index in [0.29, 0.717) is 0 Å². The maximum Gasteiger partial charge on any atom is 0.0764 e. The topological polar surface area (TPSA) is 9.86 Å². The molecule has 1 unspecified atom stereocenters. The SMILES string of the molecule is c1ccc2c(c1)Sc1c(ccc3c1c1ccccc1n3-c1ccc(-c3cccc4ccccc34)cc1)C21c2ccccc2-n2c3ccccc3c3cccc1c32. The molecule has 0 saturated heterocycles. The maximum atomic E-state index is 2.52. The van der Waals surface area contributed by atoms with Crippen LogP contribution in [0.1, 0.15) is 22.3 Å². The van der Waals surface area contributed by atoms with E-state index in [1.165, 1.54) is 103 Å². The monoisotopic (exact) mass is 728 g/mol. The van der Waals surface area contributed by atoms with Crippen molar-refractivity contribution in [3.63, 3.8) is 0 Å². The molecule has 0 saturated carbocycles. The first-order chi connectivity index (χ1) is 27.8. The molecule has 9 aromatic carbocycles. The Hall–Kier alpha value is -6.81. The van der Waals surface area contributed by atoms with Gasteiger partial charge < -0.3 is 9.13 Å². The summed E-state index contributed by atoms with van der Waals surface area (Å²) in [6.07, 6.45) is 0. The Bertz CT molecular complexity index is 3450. The summed E-state index contributed by atoms with van der Waals surface area (Å²) in [6.45, 7) is 0. The molecule has 2 aliphatic heterocycles. The first-order valence-electron chi connectivity index (χ1n) is 19.4. The number of benzene rings is 9. The molecule has 260 valence electrons. The molecule has 56 heavy (non-hydrogen) atoms. The van der Waals surface area contributed by atoms with Crippen molar-refractivity contribution < 1.29 is 0 Å². The largest absolute Gasteiger partial charge is 0.309 e. The molecule has 2 nitrogen and oxygen atoms in total. The van der Waals surface area contributed by atoms with Crippen LogP contribution in [0.15, 0.2) is 204 Å². The van der Waals surface area contributed by atoms with E-state index >= 15 is 0 Å². The van der Waals surface area contributed by atoms with Gasteiger partial charge in [0.1, 0.15) is 0 Å². The fraction of sp³-hybridized carbons (Fsp3) is 0.0189. The van der Waals surface area contributed by atoms with Gasteiger partial charge in [0.2, 0.25) is 0 Å². The van der Waals surface area contributed by atoms with Crippen molar-refractivity contribution in [2.45, 2.75) is 15.2 Å². The summed E-state index contributed by atoms with van der Waals surface area (Å²) in [6, 6.07) is 72.4. The summed E-state index contributed by atoms with van der Waals surface area (Å²) in [5, 5.41) is 7.71. The molecule has 2 aliphatic rings. The van der Waals surface area contributed by atoms with Crippen LogP contribution in [0.5, 0.6) is 0 Å². The molecule has 1 spiro atoms. The minimum atomic E-state index is -0.519. The molecule has 0 fully saturated rings. The molecule has 3 heteroatoms. The van der Waals surface area contributed by atoms with Gasteiger partial charge in [-0.15, -0.1) is 0 Å². The van der Waals surface area contributed by atoms with Gasteiger partial charge in [0.05, 0.1) is 33.2 Å². The predicted octanol–water partition coefficient (Wildman–Crippen LogP) is 13.9. The van der Waals surface area contributed by atoms with Crippen molar-refractivity contribution in [2.75, 3.05) is 0 Å². The fourth-order valence-corrected chi connectivity index (χ4v) is 11.7. The van der Waals surface area contributed by atoms with Gasteiger partial charge in [-0.1, -0.05) is 163 Å². The molecular formula is C53H32N2S. The summed E-state index contributed by atoms with van der Waals surface area (Å²) in [5.41, 5.74) is 14.7. The highest BCUT2D eigenvalue weighted by Gasteiger charge is 2.50. The van der Waals surface area contributed by atoms with Gasteiger partial charge in [-0.25, -0.2) is 0 Å². The van der Waals surface area contributed by atoms with Crippen molar-refractivity contribution in [3.05, 3.63) is 216 Å². The Labute approximate surface area is 327 Å². The molecule has 0 radical (unpaired) electrons. The van der Waals surface area contributed by atoms with Gasteiger partial charge in [0.25, 0.3) is 0 Å². The van der Waals surface area contributed by atoms with Crippen LogP contribution in [-0.2, 0) is 5.41 Å². The van der Waals surface area contributed by atoms with Crippen LogP contribution in [0.4, 0.5) is 0 Å². The second-order valence-corrected chi connectivity index (χ2v) is 16.2. The molecule has 11 aromatic rings. The van der Waals surface area contributed by atoms with Gasteiger partial charge in [0.15, 0.2) is 0 Å². The molecule has 13 rings (SSSR count). The fourth-order valence-electron chi connectivity index (χ4n) is 10.4. The molecule has 0 aliphatic carbocycles. The van der Waals surface area contributed by atoms with Crippen molar-refractivity contribution >= 4 is 66.1 Å². The van der Waals surface area contributed by atoms with Gasteiger partial charge >= 0.3 is 0 Å². The van der Waals surface area contributed by atoms with Crippen LogP contribution in [0, 0.1) is 0 Å². The van der Waals surface area contributed by atoms with E-state index in [1.807, 2.05) is 11.8 Å². The molecule has 0 N–H and O–H groups in total. The lowest BCUT2D eigenvalue weighted by Gasteiger charge is -2.45. The third-order valence-electron chi connectivity index (χ3n) is 12.6. The molecule has 4 heterocycles. The number of rotatable bonds is 2. The number of para-hydroxylation sites is 4. The summed E-state index contributed by atoms with van der Waals surface area (Å²) in [5.74, 6) is 0. The Morgan fingerprint density at radius 2 is 1.04 bits per heavy atom. The average Bonchev–Trinajstić information content (AvgIpc) is 3.79. The third-order valence-corrected chi connectivity index (χ3v) is 13.8. The summed E-state index contributed by atoms with van der Waals surface area (Å²) in [4.78, 5) is 2.64. The third kappa shape index (κ3) is 3.78. The number of fused-ring (bicyclic) bond motifs is 16. The number of hydrogen-bond acceptors (Lipinski definition) is 1. The quantitative estimate of drug-likeness (QED) is 0.172. The highest BCUT2D eigenvalue weighted by Crippen LogP contribution is 2.62. The van der Waals surface area contributed by atoms with E-state index < -0.39 is 5.41 Å². The lowest BCUT2D eigenvalue weighted by molar-refractivity contribution is 0.692. The van der Waals surface area contributed by atoms with Crippen LogP contribution >= 0.6 is 11.8 Å². The summed E-state index contributed by atoms with van der Waals surface area (Å²) < 4.78 is 5.00. The average molecular weight is 729 g/mol. The molecule has 0 bridgehead atoms. The standard InChI is InChI=1S/C53H32N2S/c1-2-15-36-33(13-1)14-11-18-37(36)34-27-29-35(30-28-34)54-46-24-8-4-17-40(46)50-48(54)32-31-44-52(50)56-49-26-10-6-21-42(49)53(44)41-20-5-9-25-47(41)55-45-23-7-3-16-38(45)39-19-12-22-43(53)51(39)55/h1-32H. The number of aromatic nitrogens is 2. The van der Waals surface area contributed by atoms with Crippen LogP contribution in [0.25, 0.3) is 76.9 Å². The van der Waals surface area contributed by atoms with Gasteiger partial charge in [0, 0.05) is 37.0 Å². The Kier molecular flexibility index (Phi) is 6.06. The van der Waals surface area contributed by atoms with Crippen LogP contribution in [0.2, 0.25) is 0 Å². The Morgan fingerprint density at radius 3 is 1.91 bits per heavy atom. The lowest BCUT2D eigenvalue weighted by Crippen LogP contribution is -2.37. The van der Waals surface area contributed by atoms with Gasteiger partial charge in [-0.3, -0.25) is 0 Å². The smallest absolute Gasteiger partial charge is 0.0764 e. The van der Waals surface area contributed by atoms with Crippen molar-refractivity contribution in [2.24, 2.45) is 0 Å². The van der Waals surface area contributed by atoms with E-state index in [2.05, 4.69) is 203 Å². The number of nitrogens with zero attached hydrogens (tertiary/aromatic N) is 2. The van der Waals surface area contributed by atoms with E-state index in [4.69, 9.17) is 0 Å². The summed E-state index contributed by atoms with van der Waals surface area (Å²) >= 11 is 1.93. The molecule has 0 amide bonds. The second-order valence-electron chi connectivity index (χ2n) is 15.2. The molecular weight excluding hydrogens is 697 g/mol. The first-order valence-corrected chi connectivity index (χ1v) is 20.2. The zero-order valence-corrected chi connectivity index (χ0v) is 31.1. The first kappa shape index (κ1) is 30.5. The van der Waals surface area contributed by atoms with E-state index in [-0.39, 0.29) is 0 Å². The van der Waals surface area contributed by atoms with Crippen LogP contribution in [0.3, 0.4) is 0 Å². The summed E-state index contributed by atoms with van der Waals surface area (Å²) in [7, 11) is 0. The zero-order valence-electron chi connectivity index (χ0n) is 30.3. The predicted molar refractivity (Wildman–Crippen MR) is 234 cm³/mol. The number of hydrogen-bond donors (Lipinski definition) is 0. The van der Waals surface area contributed by atoms with Gasteiger partial charge in [-0.05, 0) is 86.6 Å². The molecule has 1 atom stereocenters. The van der Waals surface area contributed by atoms with Crippen molar-refractivity contribution in [1.82, 2.24) is 9.13 Å². The second kappa shape index (κ2) is 11.1. The maximum absolute atomic E-state index is 2.52. The zero-order chi connectivity index (χ0) is 36.5. The minimum absolute atomic E-state index is 0.519. The van der Waals surface area contributed by atoms with Gasteiger partial charge in [-0.2, -0.15) is 0 Å². The minimum Gasteiger partial charge on any atom is -0.309 e.